The van der Waals surface area contributed by atoms with E-state index in [2.05, 4.69) is 31.5 Å². The number of hydrogen-bond acceptors (Lipinski definition) is 3. The Balaban J connectivity index is 2.30. The smallest absolute Gasteiger partial charge is 0.258 e. The van der Waals surface area contributed by atoms with Crippen LogP contribution in [0.4, 0.5) is 15.9 Å². The van der Waals surface area contributed by atoms with E-state index < -0.39 is 11.7 Å². The molecule has 0 atom stereocenters. The fraction of sp³-hybridized carbons (Fsp3) is 0.200. The van der Waals surface area contributed by atoms with Crippen LogP contribution < -0.4 is 10.6 Å². The van der Waals surface area contributed by atoms with Gasteiger partial charge < -0.3 is 10.6 Å². The molecule has 0 saturated heterocycles. The first-order chi connectivity index (χ1) is 9.93. The zero-order valence-electron chi connectivity index (χ0n) is 11.9. The van der Waals surface area contributed by atoms with Crippen molar-refractivity contribution in [2.24, 2.45) is 0 Å². The van der Waals surface area contributed by atoms with Gasteiger partial charge in [0.1, 0.15) is 0 Å². The number of halogens is 2. The van der Waals surface area contributed by atoms with Gasteiger partial charge in [0.15, 0.2) is 11.6 Å². The van der Waals surface area contributed by atoms with Crippen LogP contribution >= 0.6 is 15.9 Å². The molecule has 0 radical (unpaired) electrons. The summed E-state index contributed by atoms with van der Waals surface area (Å²) in [7, 11) is 1.55. The minimum Gasteiger partial charge on any atom is -0.371 e. The van der Waals surface area contributed by atoms with Crippen LogP contribution in [0.15, 0.2) is 28.9 Å². The third-order valence-corrected chi connectivity index (χ3v) is 4.32. The Hall–Kier alpha value is -1.95. The Morgan fingerprint density at radius 2 is 1.90 bits per heavy atom. The molecule has 4 nitrogen and oxygen atoms in total. The molecule has 110 valence electrons. The third kappa shape index (κ3) is 3.21. The quantitative estimate of drug-likeness (QED) is 0.881. The number of rotatable bonds is 3. The topological polar surface area (TPSA) is 54.0 Å². The molecule has 6 heteroatoms. The van der Waals surface area contributed by atoms with Crippen LogP contribution in [0.25, 0.3) is 0 Å². The molecule has 0 bridgehead atoms. The molecule has 0 spiro atoms. The van der Waals surface area contributed by atoms with Gasteiger partial charge in [0.05, 0.1) is 5.56 Å². The second-order valence-electron chi connectivity index (χ2n) is 4.65. The van der Waals surface area contributed by atoms with E-state index >= 15 is 0 Å². The van der Waals surface area contributed by atoms with Gasteiger partial charge in [-0.05, 0) is 43.2 Å². The van der Waals surface area contributed by atoms with Crippen molar-refractivity contribution in [2.45, 2.75) is 13.8 Å². The summed E-state index contributed by atoms with van der Waals surface area (Å²) in [5.74, 6) is -1.12. The minimum absolute atomic E-state index is 0.0471. The monoisotopic (exact) mass is 351 g/mol. The van der Waals surface area contributed by atoms with Gasteiger partial charge in [0.25, 0.3) is 5.91 Å². The van der Waals surface area contributed by atoms with Gasteiger partial charge >= 0.3 is 0 Å². The standard InChI is InChI=1S/C15H15BrFN3O/c1-8-6-10(7-9(2)12(8)16)20-15(21)11-4-5-19-14(18-3)13(11)17/h4-7H,1-3H3,(H,18,19)(H,20,21). The number of carbonyl (C=O) groups is 1. The van der Waals surface area contributed by atoms with Crippen molar-refractivity contribution in [3.63, 3.8) is 0 Å². The maximum absolute atomic E-state index is 14.1. The van der Waals surface area contributed by atoms with E-state index in [0.717, 1.165) is 15.6 Å². The second kappa shape index (κ2) is 6.22. The molecule has 0 unspecified atom stereocenters. The Morgan fingerprint density at radius 1 is 1.29 bits per heavy atom. The number of nitrogens with one attached hydrogen (secondary N) is 2. The van der Waals surface area contributed by atoms with Crippen molar-refractivity contribution in [3.05, 3.63) is 51.4 Å². The lowest BCUT2D eigenvalue weighted by Crippen LogP contribution is -2.15. The van der Waals surface area contributed by atoms with Gasteiger partial charge in [-0.15, -0.1) is 0 Å². The van der Waals surface area contributed by atoms with Crippen LogP contribution in [-0.4, -0.2) is 17.9 Å². The van der Waals surface area contributed by atoms with Crippen molar-refractivity contribution in [1.82, 2.24) is 4.98 Å². The summed E-state index contributed by atoms with van der Waals surface area (Å²) in [6.45, 7) is 3.86. The number of hydrogen-bond donors (Lipinski definition) is 2. The second-order valence-corrected chi connectivity index (χ2v) is 5.44. The fourth-order valence-corrected chi connectivity index (χ4v) is 2.24. The number of amides is 1. The van der Waals surface area contributed by atoms with E-state index in [1.54, 1.807) is 7.05 Å². The highest BCUT2D eigenvalue weighted by atomic mass is 79.9. The average Bonchev–Trinajstić information content (AvgIpc) is 2.44. The summed E-state index contributed by atoms with van der Waals surface area (Å²) < 4.78 is 15.0. The number of carbonyl (C=O) groups excluding carboxylic acids is 1. The van der Waals surface area contributed by atoms with Crippen LogP contribution in [0, 0.1) is 19.7 Å². The van der Waals surface area contributed by atoms with E-state index in [0.29, 0.717) is 5.69 Å². The molecule has 0 fully saturated rings. The highest BCUT2D eigenvalue weighted by Gasteiger charge is 2.16. The first kappa shape index (κ1) is 15.4. The van der Waals surface area contributed by atoms with Crippen LogP contribution in [0.1, 0.15) is 21.5 Å². The lowest BCUT2D eigenvalue weighted by atomic mass is 10.1. The molecule has 1 amide bonds. The third-order valence-electron chi connectivity index (χ3n) is 3.06. The zero-order chi connectivity index (χ0) is 15.6. The summed E-state index contributed by atoms with van der Waals surface area (Å²) in [5.41, 5.74) is 2.57. The lowest BCUT2D eigenvalue weighted by Gasteiger charge is -2.11. The van der Waals surface area contributed by atoms with Crippen LogP contribution in [0.5, 0.6) is 0 Å². The van der Waals surface area contributed by atoms with Crippen LogP contribution in [-0.2, 0) is 0 Å². The highest BCUT2D eigenvalue weighted by molar-refractivity contribution is 9.10. The molecule has 1 aromatic carbocycles. The van der Waals surface area contributed by atoms with Gasteiger partial charge in [-0.1, -0.05) is 15.9 Å². The zero-order valence-corrected chi connectivity index (χ0v) is 13.5. The van der Waals surface area contributed by atoms with Gasteiger partial charge in [0.2, 0.25) is 0 Å². The molecule has 0 aliphatic rings. The van der Waals surface area contributed by atoms with Crippen molar-refractivity contribution in [1.29, 1.82) is 0 Å². The summed E-state index contributed by atoms with van der Waals surface area (Å²) in [4.78, 5) is 16.0. The molecule has 2 rings (SSSR count). The highest BCUT2D eigenvalue weighted by Crippen LogP contribution is 2.25. The number of aromatic nitrogens is 1. The van der Waals surface area contributed by atoms with Gasteiger partial charge in [-0.25, -0.2) is 9.37 Å². The molecule has 21 heavy (non-hydrogen) atoms. The SMILES string of the molecule is CNc1nccc(C(=O)Nc2cc(C)c(Br)c(C)c2)c1F. The number of benzene rings is 1. The predicted octanol–water partition coefficient (Wildman–Crippen LogP) is 3.89. The van der Waals surface area contributed by atoms with E-state index in [9.17, 15) is 9.18 Å². The Labute approximate surface area is 130 Å². The van der Waals surface area contributed by atoms with Crippen molar-refractivity contribution in [2.75, 3.05) is 17.7 Å². The summed E-state index contributed by atoms with van der Waals surface area (Å²) in [6, 6.07) is 5.00. The summed E-state index contributed by atoms with van der Waals surface area (Å²) in [6.07, 6.45) is 1.39. The molecule has 2 aromatic rings. The largest absolute Gasteiger partial charge is 0.371 e. The Kier molecular flexibility index (Phi) is 4.57. The molecule has 1 heterocycles. The lowest BCUT2D eigenvalue weighted by molar-refractivity contribution is 0.102. The van der Waals surface area contributed by atoms with E-state index in [1.807, 2.05) is 26.0 Å². The molecule has 2 N–H and O–H groups in total. The van der Waals surface area contributed by atoms with E-state index in [-0.39, 0.29) is 11.4 Å². The first-order valence-corrected chi connectivity index (χ1v) is 7.13. The van der Waals surface area contributed by atoms with Gasteiger partial charge in [0, 0.05) is 23.4 Å². The van der Waals surface area contributed by atoms with Crippen molar-refractivity contribution < 1.29 is 9.18 Å². The van der Waals surface area contributed by atoms with Crippen molar-refractivity contribution >= 4 is 33.3 Å². The van der Waals surface area contributed by atoms with E-state index in [1.165, 1.54) is 12.3 Å². The van der Waals surface area contributed by atoms with Gasteiger partial charge in [-0.2, -0.15) is 0 Å². The predicted molar refractivity (Wildman–Crippen MR) is 85.3 cm³/mol. The van der Waals surface area contributed by atoms with Crippen LogP contribution in [0.3, 0.4) is 0 Å². The van der Waals surface area contributed by atoms with Crippen LogP contribution in [0.2, 0.25) is 0 Å². The van der Waals surface area contributed by atoms with E-state index in [4.69, 9.17) is 0 Å². The normalized spacial score (nSPS) is 10.3. The fourth-order valence-electron chi connectivity index (χ4n) is 2.01. The maximum Gasteiger partial charge on any atom is 0.258 e. The molecular weight excluding hydrogens is 337 g/mol. The molecule has 0 aliphatic carbocycles. The Bertz CT molecular complexity index is 680. The summed E-state index contributed by atoms with van der Waals surface area (Å²) in [5, 5.41) is 5.31. The van der Waals surface area contributed by atoms with Gasteiger partial charge in [-0.3, -0.25) is 4.79 Å². The number of nitrogens with zero attached hydrogens (tertiary/aromatic N) is 1. The summed E-state index contributed by atoms with van der Waals surface area (Å²) >= 11 is 3.47. The number of aryl methyl sites for hydroxylation is 2. The molecular formula is C15H15BrFN3O. The Morgan fingerprint density at radius 3 is 2.48 bits per heavy atom. The number of pyridine rings is 1. The molecule has 0 aliphatic heterocycles. The maximum atomic E-state index is 14.1. The first-order valence-electron chi connectivity index (χ1n) is 6.34. The molecule has 0 saturated carbocycles. The number of anilines is 2. The average molecular weight is 352 g/mol. The van der Waals surface area contributed by atoms with Crippen molar-refractivity contribution in [3.8, 4) is 0 Å². The molecule has 1 aromatic heterocycles. The minimum atomic E-state index is -0.664.